The summed E-state index contributed by atoms with van der Waals surface area (Å²) in [7, 11) is 1.22. The number of carbonyl (C=O) groups is 3. The van der Waals surface area contributed by atoms with E-state index in [1.807, 2.05) is 31.2 Å². The second-order valence-corrected chi connectivity index (χ2v) is 5.65. The van der Waals surface area contributed by atoms with Crippen molar-refractivity contribution in [3.63, 3.8) is 0 Å². The maximum atomic E-state index is 12.3. The first-order valence-electron chi connectivity index (χ1n) is 6.35. The number of thioether (sulfide) groups is 1. The number of amides is 2. The molecule has 6 heteroatoms. The summed E-state index contributed by atoms with van der Waals surface area (Å²) in [4.78, 5) is 36.9. The minimum Gasteiger partial charge on any atom is -0.467 e. The Labute approximate surface area is 127 Å². The van der Waals surface area contributed by atoms with E-state index in [9.17, 15) is 14.4 Å². The Balaban J connectivity index is 2.25. The first-order valence-corrected chi connectivity index (χ1v) is 7.17. The van der Waals surface area contributed by atoms with Gasteiger partial charge in [-0.2, -0.15) is 0 Å². The van der Waals surface area contributed by atoms with Crippen LogP contribution in [0.3, 0.4) is 0 Å². The molecule has 0 saturated carbocycles. The predicted molar refractivity (Wildman–Crippen MR) is 80.5 cm³/mol. The van der Waals surface area contributed by atoms with Crippen molar-refractivity contribution in [2.75, 3.05) is 7.11 Å². The van der Waals surface area contributed by atoms with Gasteiger partial charge in [0.05, 0.1) is 12.0 Å². The fourth-order valence-corrected chi connectivity index (χ4v) is 2.81. The molecule has 110 valence electrons. The van der Waals surface area contributed by atoms with Crippen LogP contribution in [0.15, 0.2) is 29.2 Å². The summed E-state index contributed by atoms with van der Waals surface area (Å²) in [6, 6.07) is 6.66. The van der Waals surface area contributed by atoms with Gasteiger partial charge in [0.25, 0.3) is 11.1 Å². The third-order valence-corrected chi connectivity index (χ3v) is 4.01. The Hall–Kier alpha value is -2.08. The number of methoxy groups -OCH3 is 1. The fourth-order valence-electron chi connectivity index (χ4n) is 1.90. The average molecular weight is 305 g/mol. The van der Waals surface area contributed by atoms with Crippen LogP contribution in [0.5, 0.6) is 0 Å². The quantitative estimate of drug-likeness (QED) is 0.634. The molecule has 5 nitrogen and oxygen atoms in total. The summed E-state index contributed by atoms with van der Waals surface area (Å²) in [6.07, 6.45) is 1.65. The molecule has 1 unspecified atom stereocenters. The van der Waals surface area contributed by atoms with E-state index in [0.717, 1.165) is 27.8 Å². The monoisotopic (exact) mass is 305 g/mol. The van der Waals surface area contributed by atoms with Crippen molar-refractivity contribution in [1.29, 1.82) is 0 Å². The van der Waals surface area contributed by atoms with Gasteiger partial charge in [-0.15, -0.1) is 0 Å². The van der Waals surface area contributed by atoms with E-state index < -0.39 is 23.2 Å². The maximum absolute atomic E-state index is 12.3. The van der Waals surface area contributed by atoms with Crippen LogP contribution in [0.4, 0.5) is 4.79 Å². The van der Waals surface area contributed by atoms with E-state index in [0.29, 0.717) is 4.91 Å². The maximum Gasteiger partial charge on any atom is 0.328 e. The number of ether oxygens (including phenoxy) is 1. The summed E-state index contributed by atoms with van der Waals surface area (Å²) in [5, 5.41) is -0.462. The molecule has 1 aliphatic heterocycles. The van der Waals surface area contributed by atoms with Gasteiger partial charge in [0.1, 0.15) is 6.04 Å². The van der Waals surface area contributed by atoms with E-state index in [-0.39, 0.29) is 0 Å². The third kappa shape index (κ3) is 3.16. The molecule has 0 spiro atoms. The molecule has 0 radical (unpaired) electrons. The Morgan fingerprint density at radius 3 is 2.48 bits per heavy atom. The van der Waals surface area contributed by atoms with Crippen molar-refractivity contribution in [3.05, 3.63) is 40.3 Å². The van der Waals surface area contributed by atoms with Gasteiger partial charge >= 0.3 is 5.97 Å². The lowest BCUT2D eigenvalue weighted by Crippen LogP contribution is -2.42. The lowest BCUT2D eigenvalue weighted by molar-refractivity contribution is -0.148. The van der Waals surface area contributed by atoms with Crippen LogP contribution < -0.4 is 0 Å². The smallest absolute Gasteiger partial charge is 0.328 e. The number of esters is 1. The summed E-state index contributed by atoms with van der Waals surface area (Å²) >= 11 is 0.828. The van der Waals surface area contributed by atoms with E-state index >= 15 is 0 Å². The number of imide groups is 1. The van der Waals surface area contributed by atoms with Crippen LogP contribution in [0, 0.1) is 6.92 Å². The molecule has 0 aromatic heterocycles. The van der Waals surface area contributed by atoms with Gasteiger partial charge in [-0.1, -0.05) is 29.8 Å². The van der Waals surface area contributed by atoms with Crippen molar-refractivity contribution >= 4 is 35.0 Å². The van der Waals surface area contributed by atoms with Gasteiger partial charge in [0.15, 0.2) is 0 Å². The Kier molecular flexibility index (Phi) is 4.47. The second-order valence-electron chi connectivity index (χ2n) is 4.66. The highest BCUT2D eigenvalue weighted by Gasteiger charge is 2.41. The molecule has 1 aromatic carbocycles. The molecule has 2 amide bonds. The highest BCUT2D eigenvalue weighted by Crippen LogP contribution is 2.33. The molecule has 1 saturated heterocycles. The zero-order valence-electron chi connectivity index (χ0n) is 12.0. The SMILES string of the molecule is COC(=O)C(C)N1C(=O)S/C(=C/c2ccc(C)cc2)C1=O. The average Bonchev–Trinajstić information content (AvgIpc) is 2.74. The van der Waals surface area contributed by atoms with Gasteiger partial charge in [-0.25, -0.2) is 4.79 Å². The lowest BCUT2D eigenvalue weighted by atomic mass is 10.1. The van der Waals surface area contributed by atoms with Crippen LogP contribution in [-0.4, -0.2) is 35.2 Å². The Morgan fingerprint density at radius 1 is 1.29 bits per heavy atom. The largest absolute Gasteiger partial charge is 0.467 e. The number of benzene rings is 1. The molecule has 1 fully saturated rings. The highest BCUT2D eigenvalue weighted by atomic mass is 32.2. The summed E-state index contributed by atoms with van der Waals surface area (Å²) in [5.74, 6) is -1.09. The lowest BCUT2D eigenvalue weighted by Gasteiger charge is -2.18. The number of hydrogen-bond donors (Lipinski definition) is 0. The van der Waals surface area contributed by atoms with Gasteiger partial charge < -0.3 is 4.74 Å². The molecule has 2 rings (SSSR count). The van der Waals surface area contributed by atoms with Crippen LogP contribution >= 0.6 is 11.8 Å². The van der Waals surface area contributed by atoms with Crippen LogP contribution in [-0.2, 0) is 14.3 Å². The van der Waals surface area contributed by atoms with Crippen molar-refractivity contribution in [3.8, 4) is 0 Å². The molecular formula is C15H15NO4S. The van der Waals surface area contributed by atoms with E-state index in [1.165, 1.54) is 14.0 Å². The van der Waals surface area contributed by atoms with Gasteiger partial charge in [-0.05, 0) is 37.2 Å². The molecule has 21 heavy (non-hydrogen) atoms. The molecule has 1 aliphatic rings. The summed E-state index contributed by atoms with van der Waals surface area (Å²) in [6.45, 7) is 3.44. The van der Waals surface area contributed by atoms with Crippen LogP contribution in [0.2, 0.25) is 0 Å². The molecule has 0 aliphatic carbocycles. The van der Waals surface area contributed by atoms with Gasteiger partial charge in [0.2, 0.25) is 0 Å². The molecule has 1 atom stereocenters. The van der Waals surface area contributed by atoms with Crippen molar-refractivity contribution < 1.29 is 19.1 Å². The first kappa shape index (κ1) is 15.3. The number of rotatable bonds is 3. The number of hydrogen-bond acceptors (Lipinski definition) is 5. The molecule has 1 heterocycles. The van der Waals surface area contributed by atoms with Gasteiger partial charge in [0, 0.05) is 0 Å². The third-order valence-electron chi connectivity index (χ3n) is 3.13. The molecular weight excluding hydrogens is 290 g/mol. The standard InChI is InChI=1S/C15H15NO4S/c1-9-4-6-11(7-5-9)8-12-13(17)16(15(19)21-12)10(2)14(18)20-3/h4-8,10H,1-3H3/b12-8+. The Bertz CT molecular complexity index is 621. The number of nitrogens with zero attached hydrogens (tertiary/aromatic N) is 1. The van der Waals surface area contributed by atoms with Crippen LogP contribution in [0.1, 0.15) is 18.1 Å². The molecule has 1 aromatic rings. The van der Waals surface area contributed by atoms with E-state index in [1.54, 1.807) is 6.08 Å². The zero-order valence-corrected chi connectivity index (χ0v) is 12.8. The first-order chi connectivity index (χ1) is 9.93. The highest BCUT2D eigenvalue weighted by molar-refractivity contribution is 8.18. The summed E-state index contributed by atoms with van der Waals surface area (Å²) in [5.41, 5.74) is 1.94. The molecule has 0 bridgehead atoms. The van der Waals surface area contributed by atoms with E-state index in [4.69, 9.17) is 0 Å². The number of aryl methyl sites for hydroxylation is 1. The predicted octanol–water partition coefficient (Wildman–Crippen LogP) is 2.59. The van der Waals surface area contributed by atoms with Crippen molar-refractivity contribution in [2.24, 2.45) is 0 Å². The van der Waals surface area contributed by atoms with Crippen molar-refractivity contribution in [1.82, 2.24) is 4.90 Å². The minimum atomic E-state index is -0.925. The topological polar surface area (TPSA) is 63.7 Å². The Morgan fingerprint density at radius 2 is 1.90 bits per heavy atom. The van der Waals surface area contributed by atoms with Crippen LogP contribution in [0.25, 0.3) is 6.08 Å². The zero-order chi connectivity index (χ0) is 15.6. The minimum absolute atomic E-state index is 0.305. The normalized spacial score (nSPS) is 18.2. The van der Waals surface area contributed by atoms with Crippen molar-refractivity contribution in [2.45, 2.75) is 19.9 Å². The summed E-state index contributed by atoms with van der Waals surface area (Å²) < 4.78 is 4.57. The fraction of sp³-hybridized carbons (Fsp3) is 0.267. The van der Waals surface area contributed by atoms with Gasteiger partial charge in [-0.3, -0.25) is 14.5 Å². The second kappa shape index (κ2) is 6.13. The van der Waals surface area contributed by atoms with E-state index in [2.05, 4.69) is 4.74 Å². The molecule has 0 N–H and O–H groups in total. The number of carbonyl (C=O) groups excluding carboxylic acids is 3.